The third-order valence-corrected chi connectivity index (χ3v) is 2.52. The zero-order chi connectivity index (χ0) is 12.4. The zero-order valence-electron chi connectivity index (χ0n) is 9.95. The second kappa shape index (κ2) is 4.32. The molecule has 2 rings (SSSR count). The molecular formula is C11H13N5O. The van der Waals surface area contributed by atoms with E-state index in [1.165, 1.54) is 13.3 Å². The molecule has 88 valence electrons. The van der Waals surface area contributed by atoms with Gasteiger partial charge in [0.1, 0.15) is 12.0 Å². The van der Waals surface area contributed by atoms with Crippen LogP contribution in [0.2, 0.25) is 0 Å². The fourth-order valence-corrected chi connectivity index (χ4v) is 1.49. The maximum Gasteiger partial charge on any atom is 0.223 e. The van der Waals surface area contributed by atoms with Gasteiger partial charge in [0.05, 0.1) is 30.0 Å². The second-order valence-corrected chi connectivity index (χ2v) is 3.72. The average Bonchev–Trinajstić information content (AvgIpc) is 2.71. The van der Waals surface area contributed by atoms with Crippen molar-refractivity contribution in [2.24, 2.45) is 0 Å². The molecule has 0 unspecified atom stereocenters. The fourth-order valence-electron chi connectivity index (χ4n) is 1.49. The Hall–Kier alpha value is -2.24. The quantitative estimate of drug-likeness (QED) is 0.772. The maximum absolute atomic E-state index is 11.3. The van der Waals surface area contributed by atoms with Gasteiger partial charge in [-0.3, -0.25) is 4.79 Å². The molecule has 6 heteroatoms. The largest absolute Gasteiger partial charge is 0.313 e. The summed E-state index contributed by atoms with van der Waals surface area (Å²) >= 11 is 0. The molecule has 17 heavy (non-hydrogen) atoms. The number of nitrogens with zero attached hydrogens (tertiary/aromatic N) is 5. The molecule has 0 spiro atoms. The first-order chi connectivity index (χ1) is 8.09. The Bertz CT molecular complexity index is 534. The molecule has 0 aromatic carbocycles. The molecule has 6 nitrogen and oxygen atoms in total. The van der Waals surface area contributed by atoms with Gasteiger partial charge < -0.3 is 4.90 Å². The van der Waals surface area contributed by atoms with E-state index in [0.717, 1.165) is 17.1 Å². The number of aryl methyl sites for hydroxylation is 1. The number of aromatic nitrogens is 4. The van der Waals surface area contributed by atoms with Crippen LogP contribution < -0.4 is 4.90 Å². The predicted octanol–water partition coefficient (Wildman–Crippen LogP) is 0.953. The Balaban J connectivity index is 2.41. The highest BCUT2D eigenvalue weighted by Gasteiger charge is 2.13. The Morgan fingerprint density at radius 1 is 1.35 bits per heavy atom. The van der Waals surface area contributed by atoms with Crippen LogP contribution >= 0.6 is 0 Å². The highest BCUT2D eigenvalue weighted by Crippen LogP contribution is 2.19. The van der Waals surface area contributed by atoms with Gasteiger partial charge in [-0.2, -0.15) is 5.10 Å². The number of carbonyl (C=O) groups excluding carboxylic acids is 1. The fraction of sp³-hybridized carbons (Fsp3) is 0.273. The first-order valence-corrected chi connectivity index (χ1v) is 5.15. The minimum absolute atomic E-state index is 0.0306. The first-order valence-electron chi connectivity index (χ1n) is 5.15. The Morgan fingerprint density at radius 2 is 2.00 bits per heavy atom. The molecule has 0 aliphatic rings. The zero-order valence-corrected chi connectivity index (χ0v) is 9.95. The smallest absolute Gasteiger partial charge is 0.223 e. The van der Waals surface area contributed by atoms with Crippen molar-refractivity contribution in [2.75, 3.05) is 11.9 Å². The van der Waals surface area contributed by atoms with Crippen LogP contribution in [0.25, 0.3) is 5.69 Å². The van der Waals surface area contributed by atoms with Crippen LogP contribution in [0, 0.1) is 6.92 Å². The Kier molecular flexibility index (Phi) is 2.86. The molecule has 0 saturated heterocycles. The number of rotatable bonds is 2. The lowest BCUT2D eigenvalue weighted by atomic mass is 10.3. The van der Waals surface area contributed by atoms with Crippen molar-refractivity contribution in [3.63, 3.8) is 0 Å². The van der Waals surface area contributed by atoms with Crippen LogP contribution in [-0.2, 0) is 4.79 Å². The normalized spacial score (nSPS) is 10.3. The van der Waals surface area contributed by atoms with Gasteiger partial charge in [0.25, 0.3) is 0 Å². The Labute approximate surface area is 98.9 Å². The van der Waals surface area contributed by atoms with E-state index >= 15 is 0 Å². The molecule has 0 N–H and O–H groups in total. The lowest BCUT2D eigenvalue weighted by Gasteiger charge is -2.12. The molecule has 0 fully saturated rings. The first kappa shape index (κ1) is 11.3. The van der Waals surface area contributed by atoms with Gasteiger partial charge in [-0.05, 0) is 6.92 Å². The molecular weight excluding hydrogens is 218 g/mol. The van der Waals surface area contributed by atoms with Gasteiger partial charge in [-0.25, -0.2) is 14.6 Å². The average molecular weight is 231 g/mol. The Morgan fingerprint density at radius 3 is 2.59 bits per heavy atom. The molecule has 0 bridgehead atoms. The van der Waals surface area contributed by atoms with Crippen LogP contribution in [0.1, 0.15) is 12.6 Å². The molecule has 2 aromatic rings. The van der Waals surface area contributed by atoms with Crippen molar-refractivity contribution < 1.29 is 4.79 Å². The molecule has 0 saturated carbocycles. The maximum atomic E-state index is 11.3. The highest BCUT2D eigenvalue weighted by molar-refractivity contribution is 5.91. The van der Waals surface area contributed by atoms with Crippen molar-refractivity contribution in [2.45, 2.75) is 13.8 Å². The number of anilines is 1. The summed E-state index contributed by atoms with van der Waals surface area (Å²) < 4.78 is 1.66. The van der Waals surface area contributed by atoms with E-state index in [-0.39, 0.29) is 5.91 Å². The van der Waals surface area contributed by atoms with Gasteiger partial charge >= 0.3 is 0 Å². The molecule has 0 aliphatic heterocycles. The minimum Gasteiger partial charge on any atom is -0.313 e. The van der Waals surface area contributed by atoms with E-state index in [2.05, 4.69) is 15.1 Å². The number of hydrogen-bond acceptors (Lipinski definition) is 4. The van der Waals surface area contributed by atoms with Gasteiger partial charge in [-0.1, -0.05) is 0 Å². The minimum atomic E-state index is -0.0306. The highest BCUT2D eigenvalue weighted by atomic mass is 16.2. The third kappa shape index (κ3) is 2.15. The van der Waals surface area contributed by atoms with E-state index in [1.807, 2.05) is 6.92 Å². The van der Waals surface area contributed by atoms with Gasteiger partial charge in [0.15, 0.2) is 0 Å². The molecule has 0 radical (unpaired) electrons. The van der Waals surface area contributed by atoms with Gasteiger partial charge in [0, 0.05) is 14.0 Å². The summed E-state index contributed by atoms with van der Waals surface area (Å²) in [6, 6.07) is 0. The van der Waals surface area contributed by atoms with Crippen LogP contribution in [-0.4, -0.2) is 32.7 Å². The van der Waals surface area contributed by atoms with E-state index in [1.54, 1.807) is 35.2 Å². The lowest BCUT2D eigenvalue weighted by Crippen LogP contribution is -2.22. The van der Waals surface area contributed by atoms with E-state index in [4.69, 9.17) is 0 Å². The van der Waals surface area contributed by atoms with E-state index in [9.17, 15) is 4.79 Å². The van der Waals surface area contributed by atoms with Gasteiger partial charge in [0.2, 0.25) is 5.91 Å². The number of hydrogen-bond donors (Lipinski definition) is 0. The van der Waals surface area contributed by atoms with E-state index < -0.39 is 0 Å². The summed E-state index contributed by atoms with van der Waals surface area (Å²) in [6.45, 7) is 3.37. The number of amides is 1. The van der Waals surface area contributed by atoms with Crippen molar-refractivity contribution in [3.05, 3.63) is 30.6 Å². The summed E-state index contributed by atoms with van der Waals surface area (Å²) in [5.74, 6) is -0.0306. The third-order valence-electron chi connectivity index (χ3n) is 2.52. The van der Waals surface area contributed by atoms with Crippen molar-refractivity contribution in [1.82, 2.24) is 19.7 Å². The van der Waals surface area contributed by atoms with Crippen molar-refractivity contribution in [3.8, 4) is 5.69 Å². The predicted molar refractivity (Wildman–Crippen MR) is 63.0 cm³/mol. The van der Waals surface area contributed by atoms with E-state index in [0.29, 0.717) is 0 Å². The van der Waals surface area contributed by atoms with Crippen molar-refractivity contribution >= 4 is 11.6 Å². The SMILES string of the molecule is CC(=O)N(C)c1cn(-c2cncnc2)nc1C. The van der Waals surface area contributed by atoms with Crippen LogP contribution in [0.15, 0.2) is 24.9 Å². The summed E-state index contributed by atoms with van der Waals surface area (Å²) in [7, 11) is 1.72. The monoisotopic (exact) mass is 231 g/mol. The van der Waals surface area contributed by atoms with Crippen LogP contribution in [0.4, 0.5) is 5.69 Å². The molecule has 2 aromatic heterocycles. The molecule has 0 aliphatic carbocycles. The molecule has 2 heterocycles. The molecule has 1 amide bonds. The summed E-state index contributed by atoms with van der Waals surface area (Å²) in [4.78, 5) is 20.7. The topological polar surface area (TPSA) is 63.9 Å². The summed E-state index contributed by atoms with van der Waals surface area (Å²) in [6.07, 6.45) is 6.58. The summed E-state index contributed by atoms with van der Waals surface area (Å²) in [5, 5.41) is 4.33. The van der Waals surface area contributed by atoms with Crippen LogP contribution in [0.5, 0.6) is 0 Å². The lowest BCUT2D eigenvalue weighted by molar-refractivity contribution is -0.116. The van der Waals surface area contributed by atoms with Gasteiger partial charge in [-0.15, -0.1) is 0 Å². The summed E-state index contributed by atoms with van der Waals surface area (Å²) in [5.41, 5.74) is 2.33. The second-order valence-electron chi connectivity index (χ2n) is 3.72. The molecule has 0 atom stereocenters. The standard InChI is InChI=1S/C11H13N5O/c1-8-11(15(3)9(2)17)6-16(14-8)10-4-12-7-13-5-10/h4-7H,1-3H3. The number of carbonyl (C=O) groups is 1. The van der Waals surface area contributed by atoms with Crippen LogP contribution in [0.3, 0.4) is 0 Å². The van der Waals surface area contributed by atoms with Crippen molar-refractivity contribution in [1.29, 1.82) is 0 Å².